The molecule has 1 N–H and O–H groups in total. The van der Waals surface area contributed by atoms with Gasteiger partial charge in [0.1, 0.15) is 11.4 Å². The molecular formula is C22H29NO5. The molecule has 3 rings (SSSR count). The van der Waals surface area contributed by atoms with Gasteiger partial charge in [-0.15, -0.1) is 0 Å². The van der Waals surface area contributed by atoms with Crippen LogP contribution in [-0.4, -0.2) is 38.7 Å². The first kappa shape index (κ1) is 20.4. The van der Waals surface area contributed by atoms with E-state index in [1.165, 1.54) is 12.0 Å². The normalized spacial score (nSPS) is 18.9. The van der Waals surface area contributed by atoms with E-state index in [1.54, 1.807) is 6.20 Å². The van der Waals surface area contributed by atoms with Gasteiger partial charge in [-0.2, -0.15) is 0 Å². The predicted octanol–water partition coefficient (Wildman–Crippen LogP) is 3.48. The lowest BCUT2D eigenvalue weighted by Crippen LogP contribution is -2.23. The molecule has 6 nitrogen and oxygen atoms in total. The summed E-state index contributed by atoms with van der Waals surface area (Å²) < 4.78 is 22.3. The SMILES string of the molecule is O=C(OCCCOc1ccc(CCOC2CCCCO2)cc1)C1=CCC=CN1. The number of ether oxygens (including phenoxy) is 4. The highest BCUT2D eigenvalue weighted by molar-refractivity contribution is 5.88. The number of esters is 1. The van der Waals surface area contributed by atoms with Crippen LogP contribution in [0.4, 0.5) is 0 Å². The number of hydrogen-bond acceptors (Lipinski definition) is 6. The van der Waals surface area contributed by atoms with Crippen molar-refractivity contribution in [2.24, 2.45) is 0 Å². The van der Waals surface area contributed by atoms with E-state index < -0.39 is 0 Å². The molecular weight excluding hydrogens is 358 g/mol. The second-order valence-corrected chi connectivity index (χ2v) is 6.80. The van der Waals surface area contributed by atoms with Crippen LogP contribution in [0.25, 0.3) is 0 Å². The second kappa shape index (κ2) is 11.5. The average Bonchev–Trinajstić information content (AvgIpc) is 2.76. The van der Waals surface area contributed by atoms with Crippen molar-refractivity contribution in [3.8, 4) is 5.75 Å². The summed E-state index contributed by atoms with van der Waals surface area (Å²) in [5.41, 5.74) is 1.71. The zero-order valence-electron chi connectivity index (χ0n) is 16.2. The number of rotatable bonds is 10. The van der Waals surface area contributed by atoms with Crippen LogP contribution in [0.3, 0.4) is 0 Å². The topological polar surface area (TPSA) is 66.0 Å². The Labute approximate surface area is 166 Å². The van der Waals surface area contributed by atoms with E-state index in [0.29, 0.717) is 31.9 Å². The summed E-state index contributed by atoms with van der Waals surface area (Å²) in [5.74, 6) is 0.489. The molecule has 0 aromatic heterocycles. The first-order valence-corrected chi connectivity index (χ1v) is 10.0. The lowest BCUT2D eigenvalue weighted by atomic mass is 10.1. The molecule has 0 aliphatic carbocycles. The Kier molecular flexibility index (Phi) is 8.40. The van der Waals surface area contributed by atoms with Crippen LogP contribution >= 0.6 is 0 Å². The molecule has 1 saturated heterocycles. The van der Waals surface area contributed by atoms with Crippen molar-refractivity contribution in [2.75, 3.05) is 26.4 Å². The molecule has 2 aliphatic heterocycles. The molecule has 1 fully saturated rings. The van der Waals surface area contributed by atoms with E-state index in [4.69, 9.17) is 18.9 Å². The molecule has 28 heavy (non-hydrogen) atoms. The van der Waals surface area contributed by atoms with Gasteiger partial charge in [-0.25, -0.2) is 4.79 Å². The van der Waals surface area contributed by atoms with Crippen molar-refractivity contribution >= 4 is 5.97 Å². The lowest BCUT2D eigenvalue weighted by Gasteiger charge is -2.22. The fourth-order valence-corrected chi connectivity index (χ4v) is 3.00. The highest BCUT2D eigenvalue weighted by Gasteiger charge is 2.13. The van der Waals surface area contributed by atoms with Crippen LogP contribution in [-0.2, 0) is 25.4 Å². The van der Waals surface area contributed by atoms with Crippen LogP contribution in [0.2, 0.25) is 0 Å². The molecule has 0 bridgehead atoms. The zero-order valence-corrected chi connectivity index (χ0v) is 16.2. The minimum absolute atomic E-state index is 0.0351. The highest BCUT2D eigenvalue weighted by atomic mass is 16.7. The molecule has 6 heteroatoms. The molecule has 1 aromatic carbocycles. The van der Waals surface area contributed by atoms with Gasteiger partial charge in [-0.3, -0.25) is 0 Å². The van der Waals surface area contributed by atoms with Gasteiger partial charge in [0.05, 0.1) is 19.8 Å². The molecule has 0 saturated carbocycles. The number of benzene rings is 1. The van der Waals surface area contributed by atoms with Crippen LogP contribution in [0.15, 0.2) is 48.3 Å². The Morgan fingerprint density at radius 2 is 2.04 bits per heavy atom. The maximum atomic E-state index is 11.8. The number of allylic oxidation sites excluding steroid dienone is 2. The minimum Gasteiger partial charge on any atom is -0.493 e. The molecule has 1 aromatic rings. The smallest absolute Gasteiger partial charge is 0.354 e. The average molecular weight is 387 g/mol. The Balaban J connectivity index is 1.26. The van der Waals surface area contributed by atoms with Gasteiger partial charge in [-0.05, 0) is 62.1 Å². The first-order valence-electron chi connectivity index (χ1n) is 10.0. The van der Waals surface area contributed by atoms with Gasteiger partial charge in [0.2, 0.25) is 0 Å². The Morgan fingerprint density at radius 1 is 1.14 bits per heavy atom. The Morgan fingerprint density at radius 3 is 2.79 bits per heavy atom. The van der Waals surface area contributed by atoms with Crippen molar-refractivity contribution in [1.29, 1.82) is 0 Å². The fourth-order valence-electron chi connectivity index (χ4n) is 3.00. The molecule has 152 valence electrons. The number of carbonyl (C=O) groups excluding carboxylic acids is 1. The molecule has 2 aliphatic rings. The molecule has 0 radical (unpaired) electrons. The maximum absolute atomic E-state index is 11.8. The van der Waals surface area contributed by atoms with Crippen molar-refractivity contribution < 1.29 is 23.7 Å². The summed E-state index contributed by atoms with van der Waals surface area (Å²) in [5, 5.41) is 2.88. The summed E-state index contributed by atoms with van der Waals surface area (Å²) in [6, 6.07) is 8.02. The molecule has 0 amide bonds. The van der Waals surface area contributed by atoms with Gasteiger partial charge in [0, 0.05) is 13.0 Å². The van der Waals surface area contributed by atoms with E-state index in [0.717, 1.165) is 38.0 Å². The summed E-state index contributed by atoms with van der Waals surface area (Å²) >= 11 is 0. The van der Waals surface area contributed by atoms with Crippen LogP contribution in [0, 0.1) is 0 Å². The van der Waals surface area contributed by atoms with Crippen molar-refractivity contribution in [2.45, 2.75) is 44.8 Å². The third-order valence-electron chi connectivity index (χ3n) is 4.58. The van der Waals surface area contributed by atoms with Gasteiger partial charge in [0.15, 0.2) is 6.29 Å². The van der Waals surface area contributed by atoms with Gasteiger partial charge < -0.3 is 24.3 Å². The van der Waals surface area contributed by atoms with Crippen molar-refractivity contribution in [1.82, 2.24) is 5.32 Å². The van der Waals surface area contributed by atoms with E-state index in [9.17, 15) is 4.79 Å². The lowest BCUT2D eigenvalue weighted by molar-refractivity contribution is -0.161. The second-order valence-electron chi connectivity index (χ2n) is 6.80. The van der Waals surface area contributed by atoms with Crippen LogP contribution in [0.1, 0.15) is 37.7 Å². The monoisotopic (exact) mass is 387 g/mol. The third kappa shape index (κ3) is 7.02. The molecule has 1 atom stereocenters. The highest BCUT2D eigenvalue weighted by Crippen LogP contribution is 2.16. The Hall–Kier alpha value is -2.31. The number of carbonyl (C=O) groups is 1. The number of dihydropyridines is 1. The third-order valence-corrected chi connectivity index (χ3v) is 4.58. The first-order chi connectivity index (χ1) is 13.8. The van der Waals surface area contributed by atoms with E-state index in [1.807, 2.05) is 24.3 Å². The summed E-state index contributed by atoms with van der Waals surface area (Å²) in [7, 11) is 0. The largest absolute Gasteiger partial charge is 0.493 e. The fraction of sp³-hybridized carbons (Fsp3) is 0.500. The summed E-state index contributed by atoms with van der Waals surface area (Å²) in [6.07, 6.45) is 11.0. The minimum atomic E-state index is -0.324. The van der Waals surface area contributed by atoms with E-state index in [2.05, 4.69) is 17.4 Å². The van der Waals surface area contributed by atoms with Crippen molar-refractivity contribution in [3.63, 3.8) is 0 Å². The zero-order chi connectivity index (χ0) is 19.4. The van der Waals surface area contributed by atoms with Crippen LogP contribution < -0.4 is 10.1 Å². The predicted molar refractivity (Wildman–Crippen MR) is 106 cm³/mol. The quantitative estimate of drug-likeness (QED) is 0.490. The number of hydrogen-bond donors (Lipinski definition) is 1. The summed E-state index contributed by atoms with van der Waals surface area (Å²) in [4.78, 5) is 11.8. The maximum Gasteiger partial charge on any atom is 0.354 e. The number of nitrogens with one attached hydrogen (secondary N) is 1. The Bertz CT molecular complexity index is 662. The summed E-state index contributed by atoms with van der Waals surface area (Å²) in [6.45, 7) is 2.31. The van der Waals surface area contributed by atoms with E-state index >= 15 is 0 Å². The molecule has 1 unspecified atom stereocenters. The van der Waals surface area contributed by atoms with Gasteiger partial charge >= 0.3 is 5.97 Å². The van der Waals surface area contributed by atoms with E-state index in [-0.39, 0.29) is 12.3 Å². The molecule has 0 spiro atoms. The van der Waals surface area contributed by atoms with Crippen LogP contribution in [0.5, 0.6) is 5.75 Å². The van der Waals surface area contributed by atoms with Crippen molar-refractivity contribution in [3.05, 3.63) is 53.9 Å². The standard InChI is InChI=1S/C22H29NO5/c24-22(20-6-1-3-13-23-20)28-16-5-15-25-19-10-8-18(9-11-19)12-17-27-21-7-2-4-14-26-21/h3,6,8-11,13,21,23H,1-2,4-5,7,12,14-17H2. The van der Waals surface area contributed by atoms with Gasteiger partial charge in [0.25, 0.3) is 0 Å². The molecule has 2 heterocycles. The van der Waals surface area contributed by atoms with Gasteiger partial charge in [-0.1, -0.05) is 18.2 Å².